The number of carboxylic acids is 1. The zero-order valence-electron chi connectivity index (χ0n) is 11.6. The van der Waals surface area contributed by atoms with E-state index in [-0.39, 0.29) is 18.0 Å². The van der Waals surface area contributed by atoms with Crippen molar-refractivity contribution in [2.75, 3.05) is 42.3 Å². The number of halogens is 1. The lowest BCUT2D eigenvalue weighted by Gasteiger charge is -1.90. The van der Waals surface area contributed by atoms with Gasteiger partial charge in [-0.25, -0.2) is 4.79 Å². The highest BCUT2D eigenvalue weighted by Crippen LogP contribution is 1.93. The van der Waals surface area contributed by atoms with Gasteiger partial charge in [-0.3, -0.25) is 0 Å². The minimum Gasteiger partial charge on any atom is -0.478 e. The van der Waals surface area contributed by atoms with Crippen molar-refractivity contribution >= 4 is 18.4 Å². The van der Waals surface area contributed by atoms with E-state index in [0.29, 0.717) is 6.42 Å². The van der Waals surface area contributed by atoms with Crippen LogP contribution in [0.2, 0.25) is 0 Å². The van der Waals surface area contributed by atoms with Gasteiger partial charge in [0, 0.05) is 5.57 Å². The summed E-state index contributed by atoms with van der Waals surface area (Å²) < 4.78 is 0. The van der Waals surface area contributed by atoms with Gasteiger partial charge in [0.1, 0.15) is 0 Å². The first-order chi connectivity index (χ1) is 6.64. The van der Waals surface area contributed by atoms with E-state index in [1.807, 2.05) is 52.1 Å². The molecular weight excluding hydrogens is 228 g/mol. The van der Waals surface area contributed by atoms with Crippen molar-refractivity contribution in [3.63, 3.8) is 0 Å². The fraction of sp³-hybridized carbons (Fsp3) is 0.727. The van der Waals surface area contributed by atoms with E-state index in [1.54, 1.807) is 6.92 Å². The zero-order chi connectivity index (χ0) is 13.0. The number of hydrogen-bond acceptors (Lipinski definition) is 3. The molecular formula is C11H27ClN2O2. The molecule has 0 heterocycles. The van der Waals surface area contributed by atoms with Gasteiger partial charge in [-0.15, -0.1) is 12.4 Å². The summed E-state index contributed by atoms with van der Waals surface area (Å²) in [6.45, 7) is 5.03. The summed E-state index contributed by atoms with van der Waals surface area (Å²) in [5.41, 5.74) is 0.264. The van der Waals surface area contributed by atoms with Crippen LogP contribution >= 0.6 is 12.4 Å². The first-order valence-electron chi connectivity index (χ1n) is 4.78. The van der Waals surface area contributed by atoms with Crippen molar-refractivity contribution in [1.29, 1.82) is 0 Å². The lowest BCUT2D eigenvalue weighted by molar-refractivity contribution is -0.132. The summed E-state index contributed by atoms with van der Waals surface area (Å²) in [5, 5.41) is 8.08. The Balaban J connectivity index is -0.0000000700. The van der Waals surface area contributed by atoms with Crippen LogP contribution in [0.5, 0.6) is 0 Å². The lowest BCUT2D eigenvalue weighted by atomic mass is 10.2. The third-order valence-corrected chi connectivity index (χ3v) is 0.729. The molecule has 0 aromatic heterocycles. The molecule has 1 N–H and O–H groups in total. The summed E-state index contributed by atoms with van der Waals surface area (Å²) in [6, 6.07) is 0. The fourth-order valence-electron chi connectivity index (χ4n) is 0.151. The minimum atomic E-state index is -0.900. The van der Waals surface area contributed by atoms with Crippen molar-refractivity contribution in [2.24, 2.45) is 0 Å². The molecule has 16 heavy (non-hydrogen) atoms. The summed E-state index contributed by atoms with van der Waals surface area (Å²) >= 11 is 0. The van der Waals surface area contributed by atoms with Gasteiger partial charge in [0.2, 0.25) is 0 Å². The van der Waals surface area contributed by atoms with Crippen LogP contribution in [0.25, 0.3) is 0 Å². The van der Waals surface area contributed by atoms with Gasteiger partial charge in [0.15, 0.2) is 0 Å². The molecule has 0 radical (unpaired) electrons. The quantitative estimate of drug-likeness (QED) is 0.764. The van der Waals surface area contributed by atoms with Crippen molar-refractivity contribution in [2.45, 2.75) is 13.3 Å². The Labute approximate surface area is 106 Å². The fourth-order valence-corrected chi connectivity index (χ4v) is 0.151. The largest absolute Gasteiger partial charge is 0.478 e. The third-order valence-electron chi connectivity index (χ3n) is 0.729. The van der Waals surface area contributed by atoms with E-state index < -0.39 is 5.97 Å². The van der Waals surface area contributed by atoms with Crippen LogP contribution in [0, 0.1) is 0 Å². The smallest absolute Gasteiger partial charge is 0.330 e. The molecule has 0 atom stereocenters. The molecule has 0 bridgehead atoms. The maximum atomic E-state index is 9.83. The van der Waals surface area contributed by atoms with Crippen molar-refractivity contribution in [3.05, 3.63) is 12.2 Å². The van der Waals surface area contributed by atoms with Crippen LogP contribution in [0.15, 0.2) is 12.2 Å². The molecule has 0 aliphatic carbocycles. The Morgan fingerprint density at radius 2 is 1.25 bits per heavy atom. The summed E-state index contributed by atoms with van der Waals surface area (Å²) in [6.07, 6.45) is 0.523. The molecule has 0 rings (SSSR count). The van der Waals surface area contributed by atoms with E-state index in [2.05, 4.69) is 6.58 Å². The average molecular weight is 255 g/mol. The van der Waals surface area contributed by atoms with Gasteiger partial charge < -0.3 is 14.9 Å². The monoisotopic (exact) mass is 254 g/mol. The van der Waals surface area contributed by atoms with Gasteiger partial charge >= 0.3 is 5.97 Å². The van der Waals surface area contributed by atoms with Crippen LogP contribution in [0.4, 0.5) is 0 Å². The van der Waals surface area contributed by atoms with Gasteiger partial charge in [0.25, 0.3) is 0 Å². The summed E-state index contributed by atoms with van der Waals surface area (Å²) in [4.78, 5) is 13.8. The SMILES string of the molecule is C=C(CC)C(=O)O.CN(C)C.CN(C)C.Cl. The van der Waals surface area contributed by atoms with E-state index >= 15 is 0 Å². The van der Waals surface area contributed by atoms with E-state index in [1.165, 1.54) is 0 Å². The maximum absolute atomic E-state index is 9.83. The molecule has 0 aliphatic heterocycles. The summed E-state index contributed by atoms with van der Waals surface area (Å²) in [7, 11) is 12.0. The molecule has 0 spiro atoms. The first kappa shape index (κ1) is 24.6. The molecule has 0 aliphatic rings. The molecule has 0 amide bonds. The van der Waals surface area contributed by atoms with Crippen molar-refractivity contribution in [3.8, 4) is 0 Å². The second kappa shape index (κ2) is 16.8. The molecule has 0 saturated carbocycles. The zero-order valence-corrected chi connectivity index (χ0v) is 12.4. The Morgan fingerprint density at radius 3 is 1.25 bits per heavy atom. The Hall–Kier alpha value is -0.580. The van der Waals surface area contributed by atoms with Crippen LogP contribution < -0.4 is 0 Å². The van der Waals surface area contributed by atoms with E-state index in [4.69, 9.17) is 5.11 Å². The number of carbonyl (C=O) groups is 1. The molecule has 4 nitrogen and oxygen atoms in total. The van der Waals surface area contributed by atoms with Crippen molar-refractivity contribution in [1.82, 2.24) is 9.80 Å². The molecule has 0 aromatic rings. The standard InChI is InChI=1S/C5H8O2.2C3H9N.ClH/c1-3-4(2)5(6)7;2*1-4(2)3;/h2-3H2,1H3,(H,6,7);2*1-3H3;1H. The molecule has 5 heteroatoms. The van der Waals surface area contributed by atoms with Gasteiger partial charge in [-0.05, 0) is 48.7 Å². The Morgan fingerprint density at radius 1 is 1.06 bits per heavy atom. The van der Waals surface area contributed by atoms with E-state index in [0.717, 1.165) is 0 Å². The Kier molecular flexibility index (Phi) is 25.9. The number of carboxylic acid groups (broad SMARTS) is 1. The summed E-state index contributed by atoms with van der Waals surface area (Å²) in [5.74, 6) is -0.900. The highest BCUT2D eigenvalue weighted by molar-refractivity contribution is 5.85. The van der Waals surface area contributed by atoms with Crippen molar-refractivity contribution < 1.29 is 9.90 Å². The normalized spacial score (nSPS) is 8.06. The van der Waals surface area contributed by atoms with Crippen LogP contribution in [0.1, 0.15) is 13.3 Å². The van der Waals surface area contributed by atoms with Gasteiger partial charge in [-0.1, -0.05) is 13.5 Å². The third kappa shape index (κ3) is 70.5. The molecule has 0 fully saturated rings. The predicted molar refractivity (Wildman–Crippen MR) is 73.5 cm³/mol. The highest BCUT2D eigenvalue weighted by atomic mass is 35.5. The molecule has 0 unspecified atom stereocenters. The van der Waals surface area contributed by atoms with Gasteiger partial charge in [-0.2, -0.15) is 0 Å². The second-order valence-electron chi connectivity index (χ2n) is 3.95. The predicted octanol–water partition coefficient (Wildman–Crippen LogP) is 1.81. The topological polar surface area (TPSA) is 43.8 Å². The number of aliphatic carboxylic acids is 1. The first-order valence-corrected chi connectivity index (χ1v) is 4.78. The van der Waals surface area contributed by atoms with Crippen LogP contribution in [0.3, 0.4) is 0 Å². The van der Waals surface area contributed by atoms with Crippen LogP contribution in [-0.4, -0.2) is 63.2 Å². The number of rotatable bonds is 2. The lowest BCUT2D eigenvalue weighted by Crippen LogP contribution is -1.99. The number of hydrogen-bond donors (Lipinski definition) is 1. The Bertz CT molecular complexity index is 160. The molecule has 0 aromatic carbocycles. The molecule has 0 saturated heterocycles. The minimum absolute atomic E-state index is 0. The van der Waals surface area contributed by atoms with Crippen LogP contribution in [-0.2, 0) is 4.79 Å². The average Bonchev–Trinajstić information content (AvgIpc) is 2.00. The highest BCUT2D eigenvalue weighted by Gasteiger charge is 1.96. The van der Waals surface area contributed by atoms with Gasteiger partial charge in [0.05, 0.1) is 0 Å². The second-order valence-corrected chi connectivity index (χ2v) is 3.95. The number of nitrogens with zero attached hydrogens (tertiary/aromatic N) is 2. The maximum Gasteiger partial charge on any atom is 0.330 e. The molecule has 100 valence electrons. The van der Waals surface area contributed by atoms with E-state index in [9.17, 15) is 4.79 Å².